The van der Waals surface area contributed by atoms with Gasteiger partial charge in [0.1, 0.15) is 11.4 Å². The van der Waals surface area contributed by atoms with Crippen LogP contribution in [-0.4, -0.2) is 75.8 Å². The number of carbonyl (C=O) groups excluding carboxylic acids is 2. The van der Waals surface area contributed by atoms with Crippen molar-refractivity contribution >= 4 is 33.4 Å². The van der Waals surface area contributed by atoms with E-state index in [9.17, 15) is 9.59 Å². The number of nitrogens with zero attached hydrogens (tertiary/aromatic N) is 5. The molecule has 9 heteroatoms. The Hall–Kier alpha value is -2.78. The summed E-state index contributed by atoms with van der Waals surface area (Å²) in [6.07, 6.45) is 6.08. The number of rotatable bonds is 4. The molecular weight excluding hydrogens is 402 g/mol. The number of fused-ring (bicyclic) bond motifs is 1. The fourth-order valence-corrected chi connectivity index (χ4v) is 5.48. The lowest BCUT2D eigenvalue weighted by atomic mass is 9.95. The zero-order chi connectivity index (χ0) is 20.5. The second-order valence-electron chi connectivity index (χ2n) is 7.63. The number of amides is 2. The largest absolute Gasteiger partial charge is 0.378 e. The highest BCUT2D eigenvalue weighted by molar-refractivity contribution is 7.20. The predicted octanol–water partition coefficient (Wildman–Crippen LogP) is 1.98. The van der Waals surface area contributed by atoms with E-state index in [0.29, 0.717) is 39.4 Å². The Balaban J connectivity index is 1.42. The van der Waals surface area contributed by atoms with Crippen LogP contribution in [0.4, 0.5) is 0 Å². The summed E-state index contributed by atoms with van der Waals surface area (Å²) in [5.41, 5.74) is 1.05. The van der Waals surface area contributed by atoms with E-state index >= 15 is 0 Å². The zero-order valence-electron chi connectivity index (χ0n) is 16.6. The second-order valence-corrected chi connectivity index (χ2v) is 8.63. The number of aromatic nitrogens is 3. The first-order chi connectivity index (χ1) is 14.7. The maximum atomic E-state index is 13.3. The van der Waals surface area contributed by atoms with Gasteiger partial charge in [0.25, 0.3) is 5.91 Å². The molecule has 0 unspecified atom stereocenters. The molecule has 5 rings (SSSR count). The maximum Gasteiger partial charge on any atom is 0.264 e. The van der Waals surface area contributed by atoms with Crippen LogP contribution < -0.4 is 0 Å². The van der Waals surface area contributed by atoms with Crippen molar-refractivity contribution in [3.8, 4) is 0 Å². The highest BCUT2D eigenvalue weighted by atomic mass is 32.1. The molecule has 2 aliphatic heterocycles. The smallest absolute Gasteiger partial charge is 0.264 e. The number of thiophene rings is 1. The van der Waals surface area contributed by atoms with Gasteiger partial charge in [0.05, 0.1) is 18.1 Å². The van der Waals surface area contributed by atoms with Crippen LogP contribution in [0.1, 0.15) is 27.6 Å². The van der Waals surface area contributed by atoms with Gasteiger partial charge in [0.15, 0.2) is 0 Å². The third-order valence-electron chi connectivity index (χ3n) is 5.80. The predicted molar refractivity (Wildman–Crippen MR) is 113 cm³/mol. The summed E-state index contributed by atoms with van der Waals surface area (Å²) in [4.78, 5) is 35.9. The average molecular weight is 426 g/mol. The van der Waals surface area contributed by atoms with Gasteiger partial charge in [-0.2, -0.15) is 5.10 Å². The van der Waals surface area contributed by atoms with Crippen LogP contribution >= 0.6 is 11.3 Å². The van der Waals surface area contributed by atoms with Crippen LogP contribution in [0.2, 0.25) is 0 Å². The lowest BCUT2D eigenvalue weighted by molar-refractivity contribution is -0.131. The Morgan fingerprint density at radius 3 is 2.80 bits per heavy atom. The van der Waals surface area contributed by atoms with E-state index in [4.69, 9.17) is 4.74 Å². The molecule has 0 radical (unpaired) electrons. The molecule has 2 amide bonds. The van der Waals surface area contributed by atoms with E-state index in [-0.39, 0.29) is 24.3 Å². The van der Waals surface area contributed by atoms with Crippen LogP contribution in [0, 0.1) is 0 Å². The molecule has 0 bridgehead atoms. The third-order valence-corrected chi connectivity index (χ3v) is 6.92. The molecule has 0 N–H and O–H groups in total. The SMILES string of the molecule is O=C(Cn1cccn1)N1CC[C@@H](c2c(C(=O)N3CCOCC3)sc3ncccc23)C1. The molecule has 2 fully saturated rings. The molecule has 5 heterocycles. The zero-order valence-corrected chi connectivity index (χ0v) is 17.4. The Labute approximate surface area is 178 Å². The van der Waals surface area contributed by atoms with E-state index in [1.807, 2.05) is 28.0 Å². The number of likely N-dealkylation sites (tertiary alicyclic amines) is 1. The molecule has 1 atom stereocenters. The van der Waals surface area contributed by atoms with Crippen molar-refractivity contribution in [3.05, 3.63) is 47.2 Å². The highest BCUT2D eigenvalue weighted by Gasteiger charge is 2.34. The van der Waals surface area contributed by atoms with Crippen molar-refractivity contribution < 1.29 is 14.3 Å². The standard InChI is InChI=1S/C21H23N5O3S/c27-17(14-26-7-2-6-23-26)25-8-4-15(13-25)18-16-3-1-5-22-20(16)30-19(18)21(28)24-9-11-29-12-10-24/h1-3,5-7,15H,4,8-14H2/t15-/m1/s1. The van der Waals surface area contributed by atoms with Crippen LogP contribution in [0.25, 0.3) is 10.2 Å². The van der Waals surface area contributed by atoms with Crippen molar-refractivity contribution in [2.45, 2.75) is 18.9 Å². The molecule has 3 aromatic rings. The fourth-order valence-electron chi connectivity index (χ4n) is 4.28. The van der Waals surface area contributed by atoms with Crippen LogP contribution in [0.3, 0.4) is 0 Å². The summed E-state index contributed by atoms with van der Waals surface area (Å²) in [5.74, 6) is 0.238. The molecule has 8 nitrogen and oxygen atoms in total. The number of hydrogen-bond donors (Lipinski definition) is 0. The lowest BCUT2D eigenvalue weighted by Gasteiger charge is -2.27. The summed E-state index contributed by atoms with van der Waals surface area (Å²) >= 11 is 1.47. The normalized spacial score (nSPS) is 19.5. The number of hydrogen-bond acceptors (Lipinski definition) is 6. The van der Waals surface area contributed by atoms with Gasteiger partial charge in [-0.3, -0.25) is 14.3 Å². The molecule has 2 saturated heterocycles. The Morgan fingerprint density at radius 2 is 2.00 bits per heavy atom. The Morgan fingerprint density at radius 1 is 1.13 bits per heavy atom. The topological polar surface area (TPSA) is 80.6 Å². The molecule has 156 valence electrons. The molecule has 0 spiro atoms. The van der Waals surface area contributed by atoms with Crippen LogP contribution in [0.5, 0.6) is 0 Å². The molecule has 0 aliphatic carbocycles. The van der Waals surface area contributed by atoms with Crippen LogP contribution in [-0.2, 0) is 16.1 Å². The van der Waals surface area contributed by atoms with E-state index in [2.05, 4.69) is 10.1 Å². The van der Waals surface area contributed by atoms with Crippen molar-refractivity contribution in [2.24, 2.45) is 0 Å². The average Bonchev–Trinajstić information content (AvgIpc) is 3.53. The Kier molecular flexibility index (Phi) is 5.22. The van der Waals surface area contributed by atoms with Gasteiger partial charge in [-0.25, -0.2) is 4.98 Å². The molecule has 30 heavy (non-hydrogen) atoms. The van der Waals surface area contributed by atoms with Gasteiger partial charge in [-0.05, 0) is 24.1 Å². The fraction of sp³-hybridized carbons (Fsp3) is 0.429. The summed E-state index contributed by atoms with van der Waals surface area (Å²) in [7, 11) is 0. The summed E-state index contributed by atoms with van der Waals surface area (Å²) in [6.45, 7) is 3.91. The van der Waals surface area contributed by atoms with Crippen molar-refractivity contribution in [1.29, 1.82) is 0 Å². The minimum absolute atomic E-state index is 0.0533. The van der Waals surface area contributed by atoms with Gasteiger partial charge >= 0.3 is 0 Å². The number of morpholine rings is 1. The number of ether oxygens (including phenoxy) is 1. The number of pyridine rings is 1. The minimum atomic E-state index is 0.0533. The van der Waals surface area contributed by atoms with Gasteiger partial charge in [-0.1, -0.05) is 6.07 Å². The molecule has 0 aromatic carbocycles. The number of carbonyl (C=O) groups is 2. The first-order valence-corrected chi connectivity index (χ1v) is 11.0. The van der Waals surface area contributed by atoms with E-state index in [1.165, 1.54) is 11.3 Å². The van der Waals surface area contributed by atoms with Crippen molar-refractivity contribution in [2.75, 3.05) is 39.4 Å². The van der Waals surface area contributed by atoms with E-state index in [0.717, 1.165) is 27.1 Å². The van der Waals surface area contributed by atoms with Gasteiger partial charge in [-0.15, -0.1) is 11.3 Å². The van der Waals surface area contributed by atoms with Gasteiger partial charge in [0, 0.05) is 56.1 Å². The van der Waals surface area contributed by atoms with E-state index < -0.39 is 0 Å². The quantitative estimate of drug-likeness (QED) is 0.639. The van der Waals surface area contributed by atoms with Crippen LogP contribution in [0.15, 0.2) is 36.8 Å². The van der Waals surface area contributed by atoms with Gasteiger partial charge in [0.2, 0.25) is 5.91 Å². The Bertz CT molecular complexity index is 1060. The lowest BCUT2D eigenvalue weighted by Crippen LogP contribution is -2.40. The van der Waals surface area contributed by atoms with Crippen molar-refractivity contribution in [1.82, 2.24) is 24.6 Å². The maximum absolute atomic E-state index is 13.3. The minimum Gasteiger partial charge on any atom is -0.378 e. The molecule has 2 aliphatic rings. The summed E-state index contributed by atoms with van der Waals surface area (Å²) < 4.78 is 7.05. The highest BCUT2D eigenvalue weighted by Crippen LogP contribution is 2.40. The van der Waals surface area contributed by atoms with Gasteiger partial charge < -0.3 is 14.5 Å². The summed E-state index contributed by atoms with van der Waals surface area (Å²) in [5, 5.41) is 5.16. The first-order valence-electron chi connectivity index (χ1n) is 10.2. The molecular formula is C21H23N5O3S. The first kappa shape index (κ1) is 19.2. The van der Waals surface area contributed by atoms with Crippen molar-refractivity contribution in [3.63, 3.8) is 0 Å². The molecule has 3 aromatic heterocycles. The van der Waals surface area contributed by atoms with E-state index in [1.54, 1.807) is 23.3 Å². The monoisotopic (exact) mass is 425 g/mol. The second kappa shape index (κ2) is 8.16. The molecule has 0 saturated carbocycles. The third kappa shape index (κ3) is 3.59. The summed E-state index contributed by atoms with van der Waals surface area (Å²) in [6, 6.07) is 5.77.